The second-order valence-electron chi connectivity index (χ2n) is 5.56. The van der Waals surface area contributed by atoms with Gasteiger partial charge in [-0.15, -0.1) is 0 Å². The molecule has 0 bridgehead atoms. The smallest absolute Gasteiger partial charge is 0.287 e. The minimum absolute atomic E-state index is 0.156. The van der Waals surface area contributed by atoms with E-state index in [2.05, 4.69) is 21.2 Å². The van der Waals surface area contributed by atoms with Crippen LogP contribution in [0.3, 0.4) is 0 Å². The Bertz CT molecular complexity index is 872. The largest absolute Gasteiger partial charge is 0.451 e. The van der Waals surface area contributed by atoms with Crippen molar-refractivity contribution in [1.82, 2.24) is 5.32 Å². The standard InChI is InChI=1S/C19H18BrNO3/c1-12(13-7-3-5-9-16(13)20)21-19(22)18-15(11-23-2)14-8-4-6-10-17(14)24-18/h3-10,12H,11H2,1-2H3,(H,21,22). The van der Waals surface area contributed by atoms with Crippen LogP contribution in [0.25, 0.3) is 11.0 Å². The summed E-state index contributed by atoms with van der Waals surface area (Å²) in [7, 11) is 1.60. The van der Waals surface area contributed by atoms with Crippen molar-refractivity contribution < 1.29 is 13.9 Å². The Labute approximate surface area is 148 Å². The molecule has 0 aliphatic heterocycles. The Hall–Kier alpha value is -2.11. The summed E-state index contributed by atoms with van der Waals surface area (Å²) in [6, 6.07) is 15.2. The van der Waals surface area contributed by atoms with Gasteiger partial charge in [0.2, 0.25) is 0 Å². The van der Waals surface area contributed by atoms with Gasteiger partial charge in [0.1, 0.15) is 5.58 Å². The average molecular weight is 388 g/mol. The molecule has 4 nitrogen and oxygen atoms in total. The summed E-state index contributed by atoms with van der Waals surface area (Å²) in [5.41, 5.74) is 2.46. The Morgan fingerprint density at radius 2 is 1.92 bits per heavy atom. The van der Waals surface area contributed by atoms with Gasteiger partial charge in [0.25, 0.3) is 5.91 Å². The van der Waals surface area contributed by atoms with Gasteiger partial charge in [-0.25, -0.2) is 0 Å². The third-order valence-corrected chi connectivity index (χ3v) is 4.63. The molecule has 0 spiro atoms. The number of rotatable bonds is 5. The zero-order valence-corrected chi connectivity index (χ0v) is 15.1. The number of hydrogen-bond donors (Lipinski definition) is 1. The number of amides is 1. The van der Waals surface area contributed by atoms with Gasteiger partial charge in [-0.3, -0.25) is 4.79 Å². The summed E-state index contributed by atoms with van der Waals surface area (Å²) in [6.07, 6.45) is 0. The molecule has 2 aromatic carbocycles. The first kappa shape index (κ1) is 16.7. The highest BCUT2D eigenvalue weighted by atomic mass is 79.9. The quantitative estimate of drug-likeness (QED) is 0.681. The van der Waals surface area contributed by atoms with Gasteiger partial charge in [-0.1, -0.05) is 52.3 Å². The van der Waals surface area contributed by atoms with Gasteiger partial charge in [0, 0.05) is 22.5 Å². The third-order valence-electron chi connectivity index (χ3n) is 3.91. The number of hydrogen-bond acceptors (Lipinski definition) is 3. The van der Waals surface area contributed by atoms with Crippen molar-refractivity contribution in [2.45, 2.75) is 19.6 Å². The van der Waals surface area contributed by atoms with Crippen LogP contribution in [0.1, 0.15) is 34.6 Å². The van der Waals surface area contributed by atoms with Crippen LogP contribution in [0.5, 0.6) is 0 Å². The second-order valence-corrected chi connectivity index (χ2v) is 6.41. The minimum atomic E-state index is -0.249. The molecule has 1 amide bonds. The highest BCUT2D eigenvalue weighted by Crippen LogP contribution is 2.28. The van der Waals surface area contributed by atoms with E-state index in [0.717, 1.165) is 21.0 Å². The fraction of sp³-hybridized carbons (Fsp3) is 0.211. The Kier molecular flexibility index (Phi) is 5.02. The molecule has 0 aliphatic carbocycles. The molecule has 124 valence electrons. The highest BCUT2D eigenvalue weighted by Gasteiger charge is 2.22. The number of carbonyl (C=O) groups is 1. The number of furan rings is 1. The summed E-state index contributed by atoms with van der Waals surface area (Å²) in [4.78, 5) is 12.7. The molecule has 0 saturated carbocycles. The molecule has 0 aliphatic rings. The molecule has 1 aromatic heterocycles. The second kappa shape index (κ2) is 7.20. The molecular weight excluding hydrogens is 370 g/mol. The fourth-order valence-corrected chi connectivity index (χ4v) is 3.36. The lowest BCUT2D eigenvalue weighted by molar-refractivity contribution is 0.0907. The summed E-state index contributed by atoms with van der Waals surface area (Å²) >= 11 is 3.52. The van der Waals surface area contributed by atoms with Crippen LogP contribution in [0.15, 0.2) is 57.4 Å². The maximum atomic E-state index is 12.7. The van der Waals surface area contributed by atoms with Crippen LogP contribution < -0.4 is 5.32 Å². The predicted octanol–water partition coefficient (Wildman–Crippen LogP) is 4.83. The molecule has 3 rings (SSSR count). The first-order chi connectivity index (χ1) is 11.6. The number of ether oxygens (including phenoxy) is 1. The molecular formula is C19H18BrNO3. The molecule has 0 saturated heterocycles. The molecule has 1 unspecified atom stereocenters. The number of halogens is 1. The molecule has 0 radical (unpaired) electrons. The van der Waals surface area contributed by atoms with E-state index in [4.69, 9.17) is 9.15 Å². The van der Waals surface area contributed by atoms with Crippen molar-refractivity contribution in [3.8, 4) is 0 Å². The lowest BCUT2D eigenvalue weighted by atomic mass is 10.1. The normalized spacial score (nSPS) is 12.3. The van der Waals surface area contributed by atoms with Gasteiger partial charge in [-0.2, -0.15) is 0 Å². The number of para-hydroxylation sites is 1. The van der Waals surface area contributed by atoms with E-state index in [0.29, 0.717) is 18.0 Å². The maximum Gasteiger partial charge on any atom is 0.287 e. The maximum absolute atomic E-state index is 12.7. The molecule has 0 fully saturated rings. The Morgan fingerprint density at radius 1 is 1.21 bits per heavy atom. The van der Waals surface area contributed by atoms with Crippen molar-refractivity contribution in [2.24, 2.45) is 0 Å². The lowest BCUT2D eigenvalue weighted by Gasteiger charge is -2.15. The van der Waals surface area contributed by atoms with Crippen LogP contribution in [0.2, 0.25) is 0 Å². The minimum Gasteiger partial charge on any atom is -0.451 e. The number of benzene rings is 2. The van der Waals surface area contributed by atoms with Crippen molar-refractivity contribution in [3.05, 3.63) is 69.9 Å². The van der Waals surface area contributed by atoms with E-state index in [1.165, 1.54) is 0 Å². The van der Waals surface area contributed by atoms with E-state index in [1.807, 2.05) is 55.5 Å². The molecule has 1 atom stereocenters. The SMILES string of the molecule is COCc1c(C(=O)NC(C)c2ccccc2Br)oc2ccccc12. The van der Waals surface area contributed by atoms with Crippen LogP contribution in [0.4, 0.5) is 0 Å². The molecule has 1 N–H and O–H groups in total. The Morgan fingerprint density at radius 3 is 2.67 bits per heavy atom. The van der Waals surface area contributed by atoms with Crippen molar-refractivity contribution in [1.29, 1.82) is 0 Å². The van der Waals surface area contributed by atoms with E-state index >= 15 is 0 Å². The van der Waals surface area contributed by atoms with Crippen LogP contribution >= 0.6 is 15.9 Å². The summed E-state index contributed by atoms with van der Waals surface area (Å²) < 4.78 is 12.0. The Balaban J connectivity index is 1.91. The highest BCUT2D eigenvalue weighted by molar-refractivity contribution is 9.10. The number of nitrogens with one attached hydrogen (secondary N) is 1. The van der Waals surface area contributed by atoms with E-state index in [-0.39, 0.29) is 11.9 Å². The van der Waals surface area contributed by atoms with Gasteiger partial charge >= 0.3 is 0 Å². The van der Waals surface area contributed by atoms with E-state index < -0.39 is 0 Å². The summed E-state index contributed by atoms with van der Waals surface area (Å²) in [6.45, 7) is 2.26. The van der Waals surface area contributed by atoms with Crippen molar-refractivity contribution in [3.63, 3.8) is 0 Å². The first-order valence-corrected chi connectivity index (χ1v) is 8.45. The monoisotopic (exact) mass is 387 g/mol. The van der Waals surface area contributed by atoms with Crippen LogP contribution in [-0.2, 0) is 11.3 Å². The van der Waals surface area contributed by atoms with E-state index in [1.54, 1.807) is 7.11 Å². The first-order valence-electron chi connectivity index (χ1n) is 7.66. The lowest BCUT2D eigenvalue weighted by Crippen LogP contribution is -2.27. The predicted molar refractivity (Wildman–Crippen MR) is 97.0 cm³/mol. The van der Waals surface area contributed by atoms with E-state index in [9.17, 15) is 4.79 Å². The summed E-state index contributed by atoms with van der Waals surface area (Å²) in [5, 5.41) is 3.90. The average Bonchev–Trinajstić information content (AvgIpc) is 2.94. The zero-order chi connectivity index (χ0) is 17.1. The van der Waals surface area contributed by atoms with Crippen LogP contribution in [0, 0.1) is 0 Å². The van der Waals surface area contributed by atoms with Crippen molar-refractivity contribution in [2.75, 3.05) is 7.11 Å². The zero-order valence-electron chi connectivity index (χ0n) is 13.5. The summed E-state index contributed by atoms with van der Waals surface area (Å²) in [5.74, 6) is 0.0541. The van der Waals surface area contributed by atoms with Gasteiger partial charge in [-0.05, 0) is 24.6 Å². The molecule has 5 heteroatoms. The number of carbonyl (C=O) groups excluding carboxylic acids is 1. The number of methoxy groups -OCH3 is 1. The molecule has 3 aromatic rings. The topological polar surface area (TPSA) is 51.5 Å². The van der Waals surface area contributed by atoms with Gasteiger partial charge in [0.05, 0.1) is 12.6 Å². The third kappa shape index (κ3) is 3.23. The number of fused-ring (bicyclic) bond motifs is 1. The molecule has 1 heterocycles. The van der Waals surface area contributed by atoms with Crippen LogP contribution in [-0.4, -0.2) is 13.0 Å². The van der Waals surface area contributed by atoms with Gasteiger partial charge < -0.3 is 14.5 Å². The van der Waals surface area contributed by atoms with Gasteiger partial charge in [0.15, 0.2) is 5.76 Å². The molecule has 24 heavy (non-hydrogen) atoms. The van der Waals surface area contributed by atoms with Crippen molar-refractivity contribution >= 4 is 32.8 Å². The fourth-order valence-electron chi connectivity index (χ4n) is 2.74.